The molecule has 0 bridgehead atoms. The van der Waals surface area contributed by atoms with E-state index in [4.69, 9.17) is 0 Å². The Morgan fingerprint density at radius 2 is 1.00 bits per heavy atom. The van der Waals surface area contributed by atoms with Crippen LogP contribution < -0.4 is 0 Å². The summed E-state index contributed by atoms with van der Waals surface area (Å²) >= 11 is 0. The molecule has 0 amide bonds. The molecule has 0 nitrogen and oxygen atoms in total. The molecule has 4 heavy (non-hydrogen) atoms. The van der Waals surface area contributed by atoms with Gasteiger partial charge in [0.15, 0.2) is 0 Å². The summed E-state index contributed by atoms with van der Waals surface area (Å²) in [5, 5.41) is 0. The van der Waals surface area contributed by atoms with Crippen molar-refractivity contribution in [3.63, 3.8) is 0 Å². The molecule has 0 rings (SSSR count). The van der Waals surface area contributed by atoms with Crippen molar-refractivity contribution in [3.8, 4) is 0 Å². The molecule has 0 heterocycles. The third-order valence-electron chi connectivity index (χ3n) is 0. The van der Waals surface area contributed by atoms with Gasteiger partial charge in [-0.2, -0.15) is 0 Å². The molecule has 4 radical (unpaired) electrons. The van der Waals surface area contributed by atoms with Crippen LogP contribution in [0.5, 0.6) is 0 Å². The van der Waals surface area contributed by atoms with Crippen molar-refractivity contribution in [3.05, 3.63) is 0 Å². The van der Waals surface area contributed by atoms with E-state index in [9.17, 15) is 0 Å². The normalized spacial score (nSPS) is 0. The fraction of sp³-hybridized carbons (Fsp3) is 0. The van der Waals surface area contributed by atoms with Crippen LogP contribution in [0.4, 0.5) is 0 Å². The summed E-state index contributed by atoms with van der Waals surface area (Å²) in [5.74, 6) is 0. The summed E-state index contributed by atoms with van der Waals surface area (Å²) < 4.78 is 0. The van der Waals surface area contributed by atoms with Crippen LogP contribution in [0.3, 0.4) is 0 Å². The predicted molar refractivity (Wildman–Crippen MR) is 11.5 cm³/mol. The molecule has 0 N–H and O–H groups in total. The monoisotopic (exact) mass is 166 g/mol. The molecule has 0 spiro atoms. The second kappa shape index (κ2) is 17.0. The van der Waals surface area contributed by atoms with Crippen molar-refractivity contribution in [2.45, 2.75) is 0 Å². The summed E-state index contributed by atoms with van der Waals surface area (Å²) in [5.41, 5.74) is 0. The van der Waals surface area contributed by atoms with E-state index >= 15 is 0 Å². The summed E-state index contributed by atoms with van der Waals surface area (Å²) in [6, 6.07) is 0. The first kappa shape index (κ1) is 29.1. The van der Waals surface area contributed by atoms with Gasteiger partial charge in [-0.05, 0) is 0 Å². The molecule has 0 aromatic rings. The Morgan fingerprint density at radius 1 is 1.00 bits per heavy atom. The van der Waals surface area contributed by atoms with Gasteiger partial charge in [0.05, 0.1) is 0 Å². The van der Waals surface area contributed by atoms with Crippen LogP contribution in [-0.2, 0) is 34.1 Å². The minimum atomic E-state index is 0. The van der Waals surface area contributed by atoms with Gasteiger partial charge in [0.1, 0.15) is 0 Å². The molecule has 0 atom stereocenters. The molecule has 0 aliphatic heterocycles. The van der Waals surface area contributed by atoms with Crippen LogP contribution in [0.2, 0.25) is 0 Å². The number of rotatable bonds is 0. The van der Waals surface area contributed by atoms with Gasteiger partial charge in [0.25, 0.3) is 0 Å². The number of hydrogen-bond donors (Lipinski definition) is 0. The zero-order valence-corrected chi connectivity index (χ0v) is 7.82. The molecule has 4 heteroatoms. The van der Waals surface area contributed by atoms with Crippen molar-refractivity contribution in [1.82, 2.24) is 0 Å². The molecule has 0 aromatic carbocycles. The van der Waals surface area contributed by atoms with Crippen molar-refractivity contribution < 1.29 is 34.1 Å². The van der Waals surface area contributed by atoms with Crippen molar-refractivity contribution in [1.29, 1.82) is 0 Å². The quantitative estimate of drug-likeness (QED) is 0.415. The third-order valence-corrected chi connectivity index (χ3v) is 0. The van der Waals surface area contributed by atoms with E-state index in [0.29, 0.717) is 0 Å². The summed E-state index contributed by atoms with van der Waals surface area (Å²) in [7, 11) is 0. The van der Waals surface area contributed by atoms with Gasteiger partial charge in [-0.1, -0.05) is 0 Å². The second-order valence-corrected chi connectivity index (χ2v) is 0. The predicted octanol–water partition coefficient (Wildman–Crippen LogP) is -0.767. The molecule has 0 aromatic heterocycles. The van der Waals surface area contributed by atoms with E-state index in [1.54, 1.807) is 0 Å². The summed E-state index contributed by atoms with van der Waals surface area (Å²) in [4.78, 5) is 0. The summed E-state index contributed by atoms with van der Waals surface area (Å²) in [6.07, 6.45) is 0. The average Bonchev–Trinajstić information content (AvgIpc) is 0. The van der Waals surface area contributed by atoms with Crippen LogP contribution >= 0.6 is 0 Å². The Balaban J connectivity index is 0. The Bertz CT molecular complexity index is 8.00. The van der Waals surface area contributed by atoms with Crippen LogP contribution in [-0.4, -0.2) is 52.6 Å². The molecular formula is CuFeMgNa. The largest absolute Gasteiger partial charge is 0 e. The maximum atomic E-state index is 0. The maximum Gasteiger partial charge on any atom is 0 e. The van der Waals surface area contributed by atoms with Gasteiger partial charge in [-0.15, -0.1) is 0 Å². The molecule has 22 valence electrons. The van der Waals surface area contributed by atoms with Crippen LogP contribution in [0.25, 0.3) is 0 Å². The fourth-order valence-electron chi connectivity index (χ4n) is 0. The standard InChI is InChI=1S/Cu.Fe.Mg.Na. The number of hydrogen-bond acceptors (Lipinski definition) is 0. The van der Waals surface area contributed by atoms with Gasteiger partial charge in [-0.3, -0.25) is 0 Å². The minimum absolute atomic E-state index is 0. The Morgan fingerprint density at radius 3 is 1.00 bits per heavy atom. The second-order valence-electron chi connectivity index (χ2n) is 0. The first-order valence-electron chi connectivity index (χ1n) is 0. The Labute approximate surface area is 85.2 Å². The molecule has 0 aliphatic rings. The molecule has 0 unspecified atom stereocenters. The van der Waals surface area contributed by atoms with E-state index in [1.807, 2.05) is 0 Å². The SMILES string of the molecule is [Cu].[Fe].[Mg].[Na]. The zero-order chi connectivity index (χ0) is 0. The Hall–Kier alpha value is 2.81. The van der Waals surface area contributed by atoms with Crippen molar-refractivity contribution in [2.24, 2.45) is 0 Å². The summed E-state index contributed by atoms with van der Waals surface area (Å²) in [6.45, 7) is 0. The average molecular weight is 167 g/mol. The smallest absolute Gasteiger partial charge is 0 e. The van der Waals surface area contributed by atoms with Crippen LogP contribution in [0.15, 0.2) is 0 Å². The van der Waals surface area contributed by atoms with Gasteiger partial charge in [0, 0.05) is 86.7 Å². The first-order valence-corrected chi connectivity index (χ1v) is 0. The molecule has 0 aliphatic carbocycles. The Kier molecular flexibility index (Phi) is 124. The van der Waals surface area contributed by atoms with E-state index in [1.165, 1.54) is 0 Å². The van der Waals surface area contributed by atoms with Gasteiger partial charge < -0.3 is 0 Å². The topological polar surface area (TPSA) is 0 Å². The molecule has 0 saturated heterocycles. The van der Waals surface area contributed by atoms with Gasteiger partial charge in [0.2, 0.25) is 0 Å². The zero-order valence-electron chi connectivity index (χ0n) is 2.36. The van der Waals surface area contributed by atoms with Crippen molar-refractivity contribution >= 4 is 52.6 Å². The van der Waals surface area contributed by atoms with Gasteiger partial charge in [-0.25, -0.2) is 0 Å². The fourth-order valence-corrected chi connectivity index (χ4v) is 0. The third kappa shape index (κ3) is 8.84. The molecule has 0 fully saturated rings. The maximum absolute atomic E-state index is 0. The van der Waals surface area contributed by atoms with E-state index in [0.717, 1.165) is 0 Å². The van der Waals surface area contributed by atoms with Crippen molar-refractivity contribution in [2.75, 3.05) is 0 Å². The van der Waals surface area contributed by atoms with E-state index < -0.39 is 0 Å². The van der Waals surface area contributed by atoms with Gasteiger partial charge >= 0.3 is 0 Å². The minimum Gasteiger partial charge on any atom is 0 e. The van der Waals surface area contributed by atoms with E-state index in [2.05, 4.69) is 0 Å². The van der Waals surface area contributed by atoms with E-state index in [-0.39, 0.29) is 86.7 Å². The molecule has 0 saturated carbocycles. The van der Waals surface area contributed by atoms with Crippen LogP contribution in [0.1, 0.15) is 0 Å². The first-order chi connectivity index (χ1) is 0. The molecular weight excluding hydrogens is 167 g/mol. The van der Waals surface area contributed by atoms with Crippen LogP contribution in [0, 0.1) is 0 Å².